The highest BCUT2D eigenvalue weighted by Gasteiger charge is 2.21. The molecule has 5 nitrogen and oxygen atoms in total. The van der Waals surface area contributed by atoms with Gasteiger partial charge in [0.05, 0.1) is 6.26 Å². The van der Waals surface area contributed by atoms with Crippen LogP contribution in [0.2, 0.25) is 0 Å². The van der Waals surface area contributed by atoms with Gasteiger partial charge in [-0.3, -0.25) is 4.79 Å². The second-order valence-corrected chi connectivity index (χ2v) is 5.19. The number of sulfonamides is 1. The van der Waals surface area contributed by atoms with Crippen LogP contribution in [0.4, 0.5) is 0 Å². The predicted octanol–water partition coefficient (Wildman–Crippen LogP) is 0.0349. The van der Waals surface area contributed by atoms with E-state index in [0.717, 1.165) is 6.26 Å². The third kappa shape index (κ3) is 6.53. The molecule has 0 aromatic heterocycles. The van der Waals surface area contributed by atoms with E-state index in [1.54, 1.807) is 0 Å². The van der Waals surface area contributed by atoms with Crippen LogP contribution in [0, 0.1) is 5.92 Å². The molecular weight excluding hydrogens is 194 g/mol. The minimum absolute atomic E-state index is 0.135. The maximum absolute atomic E-state index is 10.8. The summed E-state index contributed by atoms with van der Waals surface area (Å²) in [6, 6.07) is -1.02. The summed E-state index contributed by atoms with van der Waals surface area (Å²) in [5.41, 5.74) is 0. The van der Waals surface area contributed by atoms with Gasteiger partial charge in [-0.2, -0.15) is 0 Å². The molecule has 2 N–H and O–H groups in total. The lowest BCUT2D eigenvalue weighted by Gasteiger charge is -2.14. The first-order valence-corrected chi connectivity index (χ1v) is 5.81. The van der Waals surface area contributed by atoms with Gasteiger partial charge in [-0.05, 0) is 12.3 Å². The molecule has 0 aliphatic rings. The summed E-state index contributed by atoms with van der Waals surface area (Å²) in [6.07, 6.45) is 1.24. The van der Waals surface area contributed by atoms with Crippen LogP contribution in [-0.2, 0) is 14.8 Å². The maximum Gasteiger partial charge on any atom is 0.321 e. The molecule has 0 spiro atoms. The Morgan fingerprint density at radius 2 is 1.92 bits per heavy atom. The minimum atomic E-state index is -3.44. The Bertz CT molecular complexity index is 270. The molecule has 0 amide bonds. The van der Waals surface area contributed by atoms with Gasteiger partial charge in [-0.25, -0.2) is 13.1 Å². The normalized spacial score (nSPS) is 14.5. The predicted molar refractivity (Wildman–Crippen MR) is 48.9 cm³/mol. The summed E-state index contributed by atoms with van der Waals surface area (Å²) in [5.74, 6) is -1.01. The van der Waals surface area contributed by atoms with Crippen molar-refractivity contribution in [3.8, 4) is 0 Å². The molecule has 6 heteroatoms. The summed E-state index contributed by atoms with van der Waals surface area (Å²) in [6.45, 7) is 3.67. The molecule has 0 fully saturated rings. The van der Waals surface area contributed by atoms with E-state index in [0.29, 0.717) is 6.42 Å². The Morgan fingerprint density at radius 3 is 2.15 bits per heavy atom. The minimum Gasteiger partial charge on any atom is -0.480 e. The van der Waals surface area contributed by atoms with Crippen molar-refractivity contribution >= 4 is 16.0 Å². The molecule has 0 bridgehead atoms. The molecule has 0 saturated heterocycles. The summed E-state index contributed by atoms with van der Waals surface area (Å²) in [5, 5.41) is 8.66. The van der Waals surface area contributed by atoms with Crippen LogP contribution in [0.1, 0.15) is 20.3 Å². The van der Waals surface area contributed by atoms with Gasteiger partial charge >= 0.3 is 5.97 Å². The van der Waals surface area contributed by atoms with Gasteiger partial charge in [0.2, 0.25) is 10.0 Å². The van der Waals surface area contributed by atoms with Crippen molar-refractivity contribution < 1.29 is 18.3 Å². The van der Waals surface area contributed by atoms with Crippen LogP contribution < -0.4 is 4.72 Å². The fourth-order valence-corrected chi connectivity index (χ4v) is 1.64. The second-order valence-electron chi connectivity index (χ2n) is 3.41. The number of carboxylic acids is 1. The third-order valence-electron chi connectivity index (χ3n) is 1.36. The molecule has 0 aromatic rings. The fraction of sp³-hybridized carbons (Fsp3) is 0.857. The number of aliphatic carboxylic acids is 1. The van der Waals surface area contributed by atoms with Gasteiger partial charge in [0.15, 0.2) is 0 Å². The van der Waals surface area contributed by atoms with Crippen molar-refractivity contribution in [2.75, 3.05) is 6.26 Å². The molecule has 0 heterocycles. The van der Waals surface area contributed by atoms with Gasteiger partial charge in [0.1, 0.15) is 6.04 Å². The van der Waals surface area contributed by atoms with E-state index in [-0.39, 0.29) is 5.92 Å². The van der Waals surface area contributed by atoms with Crippen LogP contribution in [0.15, 0.2) is 0 Å². The summed E-state index contributed by atoms with van der Waals surface area (Å²) >= 11 is 0. The van der Waals surface area contributed by atoms with Gasteiger partial charge in [-0.1, -0.05) is 13.8 Å². The maximum atomic E-state index is 10.8. The molecular formula is C7H15NO4S. The number of rotatable bonds is 5. The van der Waals surface area contributed by atoms with Crippen LogP contribution >= 0.6 is 0 Å². The highest BCUT2D eigenvalue weighted by Crippen LogP contribution is 2.05. The number of carbonyl (C=O) groups is 1. The lowest BCUT2D eigenvalue weighted by molar-refractivity contribution is -0.139. The molecule has 1 unspecified atom stereocenters. The van der Waals surface area contributed by atoms with Gasteiger partial charge in [0.25, 0.3) is 0 Å². The molecule has 78 valence electrons. The molecule has 0 aliphatic heterocycles. The molecule has 1 atom stereocenters. The van der Waals surface area contributed by atoms with Crippen LogP contribution in [0.3, 0.4) is 0 Å². The van der Waals surface area contributed by atoms with Gasteiger partial charge in [0, 0.05) is 0 Å². The van der Waals surface area contributed by atoms with Crippen molar-refractivity contribution in [1.29, 1.82) is 0 Å². The van der Waals surface area contributed by atoms with E-state index in [4.69, 9.17) is 5.11 Å². The summed E-state index contributed by atoms with van der Waals surface area (Å²) in [7, 11) is -3.44. The standard InChI is InChI=1S/C7H15NO4S/c1-5(2)4-6(7(9)10)8-13(3,11)12/h5-6,8H,4H2,1-3H3,(H,9,10). The zero-order valence-electron chi connectivity index (χ0n) is 7.94. The summed E-state index contributed by atoms with van der Waals surface area (Å²) in [4.78, 5) is 10.6. The van der Waals surface area contributed by atoms with E-state index < -0.39 is 22.0 Å². The lowest BCUT2D eigenvalue weighted by atomic mass is 10.1. The van der Waals surface area contributed by atoms with Crippen molar-refractivity contribution in [2.24, 2.45) is 5.92 Å². The first-order chi connectivity index (χ1) is 5.72. The van der Waals surface area contributed by atoms with Crippen LogP contribution in [0.25, 0.3) is 0 Å². The Morgan fingerprint density at radius 1 is 1.46 bits per heavy atom. The third-order valence-corrected chi connectivity index (χ3v) is 2.07. The number of carboxylic acid groups (broad SMARTS) is 1. The molecule has 0 rings (SSSR count). The van der Waals surface area contributed by atoms with Crippen LogP contribution in [-0.4, -0.2) is 31.8 Å². The monoisotopic (exact) mass is 209 g/mol. The molecule has 0 aliphatic carbocycles. The Hall–Kier alpha value is -0.620. The fourth-order valence-electron chi connectivity index (χ4n) is 0.929. The van der Waals surface area contributed by atoms with Crippen molar-refractivity contribution in [3.05, 3.63) is 0 Å². The highest BCUT2D eigenvalue weighted by molar-refractivity contribution is 7.88. The average molecular weight is 209 g/mol. The average Bonchev–Trinajstić information content (AvgIpc) is 1.81. The molecule has 13 heavy (non-hydrogen) atoms. The van der Waals surface area contributed by atoms with Gasteiger partial charge < -0.3 is 5.11 Å². The quantitative estimate of drug-likeness (QED) is 0.669. The van der Waals surface area contributed by atoms with E-state index in [1.807, 2.05) is 13.8 Å². The largest absolute Gasteiger partial charge is 0.480 e. The van der Waals surface area contributed by atoms with E-state index in [1.165, 1.54) is 0 Å². The zero-order valence-corrected chi connectivity index (χ0v) is 8.76. The Labute approximate surface area is 78.2 Å². The number of nitrogens with one attached hydrogen (secondary N) is 1. The molecule has 0 saturated carbocycles. The number of hydrogen-bond acceptors (Lipinski definition) is 3. The second kappa shape index (κ2) is 4.57. The van der Waals surface area contributed by atoms with Crippen molar-refractivity contribution in [2.45, 2.75) is 26.3 Å². The zero-order chi connectivity index (χ0) is 10.6. The first kappa shape index (κ1) is 12.4. The first-order valence-electron chi connectivity index (χ1n) is 3.92. The van der Waals surface area contributed by atoms with Crippen molar-refractivity contribution in [1.82, 2.24) is 4.72 Å². The van der Waals surface area contributed by atoms with E-state index in [2.05, 4.69) is 4.72 Å². The topological polar surface area (TPSA) is 83.5 Å². The lowest BCUT2D eigenvalue weighted by Crippen LogP contribution is -2.40. The number of hydrogen-bond donors (Lipinski definition) is 2. The Kier molecular flexibility index (Phi) is 4.35. The van der Waals surface area contributed by atoms with E-state index >= 15 is 0 Å². The summed E-state index contributed by atoms with van der Waals surface area (Å²) < 4.78 is 23.6. The molecule has 0 radical (unpaired) electrons. The van der Waals surface area contributed by atoms with Gasteiger partial charge in [-0.15, -0.1) is 0 Å². The smallest absolute Gasteiger partial charge is 0.321 e. The highest BCUT2D eigenvalue weighted by atomic mass is 32.2. The SMILES string of the molecule is CC(C)CC(NS(C)(=O)=O)C(=O)O. The molecule has 0 aromatic carbocycles. The van der Waals surface area contributed by atoms with Crippen LogP contribution in [0.5, 0.6) is 0 Å². The van der Waals surface area contributed by atoms with E-state index in [9.17, 15) is 13.2 Å². The Balaban J connectivity index is 4.37. The van der Waals surface area contributed by atoms with Crippen molar-refractivity contribution in [3.63, 3.8) is 0 Å².